The standard InChI is InChI=1S/C26H24N2O5/c1-18-15-22(19(2)28(18)21-7-5-4-6-8-21)23(29)17-33-26(30)12-10-20-9-11-24(32-14-13-27)25(16-20)31-3/h4-12,15-16H,14,17H2,1-3H3/b12-10+. The van der Waals surface area contributed by atoms with Crippen molar-refractivity contribution >= 4 is 17.8 Å². The maximum Gasteiger partial charge on any atom is 0.331 e. The topological polar surface area (TPSA) is 90.6 Å². The molecule has 0 unspecified atom stereocenters. The van der Waals surface area contributed by atoms with Gasteiger partial charge in [0.1, 0.15) is 6.07 Å². The summed E-state index contributed by atoms with van der Waals surface area (Å²) >= 11 is 0. The first-order valence-corrected chi connectivity index (χ1v) is 10.2. The van der Waals surface area contributed by atoms with Gasteiger partial charge in [-0.3, -0.25) is 4.79 Å². The molecule has 7 heteroatoms. The monoisotopic (exact) mass is 444 g/mol. The molecule has 1 aromatic heterocycles. The Kier molecular flexibility index (Phi) is 7.66. The largest absolute Gasteiger partial charge is 0.493 e. The minimum atomic E-state index is -0.635. The molecule has 0 aliphatic heterocycles. The van der Waals surface area contributed by atoms with Crippen LogP contribution < -0.4 is 9.47 Å². The maximum absolute atomic E-state index is 12.7. The Labute approximate surface area is 192 Å². The molecule has 0 fully saturated rings. The van der Waals surface area contributed by atoms with Gasteiger partial charge in [0.2, 0.25) is 5.78 Å². The van der Waals surface area contributed by atoms with Crippen molar-refractivity contribution in [3.05, 3.63) is 83.2 Å². The number of nitriles is 1. The minimum Gasteiger partial charge on any atom is -0.493 e. The molecule has 0 radical (unpaired) electrons. The van der Waals surface area contributed by atoms with Crippen molar-refractivity contribution < 1.29 is 23.8 Å². The number of Topliss-reactive ketones (excluding diaryl/α,β-unsaturated/α-hetero) is 1. The van der Waals surface area contributed by atoms with Gasteiger partial charge in [0.15, 0.2) is 24.7 Å². The third-order valence-corrected chi connectivity index (χ3v) is 4.98. The van der Waals surface area contributed by atoms with Gasteiger partial charge in [-0.1, -0.05) is 24.3 Å². The van der Waals surface area contributed by atoms with Crippen LogP contribution in [0.4, 0.5) is 0 Å². The Hall–Kier alpha value is -4.31. The molecule has 0 bridgehead atoms. The molecule has 1 heterocycles. The van der Waals surface area contributed by atoms with Crippen LogP contribution >= 0.6 is 0 Å². The van der Waals surface area contributed by atoms with Crippen molar-refractivity contribution in [2.75, 3.05) is 20.3 Å². The number of esters is 1. The highest BCUT2D eigenvalue weighted by Crippen LogP contribution is 2.28. The Morgan fingerprint density at radius 3 is 2.52 bits per heavy atom. The van der Waals surface area contributed by atoms with E-state index in [0.29, 0.717) is 22.6 Å². The lowest BCUT2D eigenvalue weighted by Crippen LogP contribution is -2.13. The number of benzene rings is 2. The number of methoxy groups -OCH3 is 1. The number of aryl methyl sites for hydroxylation is 1. The maximum atomic E-state index is 12.7. The molecular weight excluding hydrogens is 420 g/mol. The first-order chi connectivity index (χ1) is 15.9. The number of hydrogen-bond donors (Lipinski definition) is 0. The number of rotatable bonds is 9. The lowest BCUT2D eigenvalue weighted by molar-refractivity contribution is -0.136. The first-order valence-electron chi connectivity index (χ1n) is 10.2. The zero-order chi connectivity index (χ0) is 23.8. The summed E-state index contributed by atoms with van der Waals surface area (Å²) in [6.07, 6.45) is 2.79. The smallest absolute Gasteiger partial charge is 0.331 e. The zero-order valence-electron chi connectivity index (χ0n) is 18.7. The molecular formula is C26H24N2O5. The van der Waals surface area contributed by atoms with Gasteiger partial charge in [0, 0.05) is 28.7 Å². The van der Waals surface area contributed by atoms with E-state index in [4.69, 9.17) is 19.5 Å². The number of para-hydroxylation sites is 1. The van der Waals surface area contributed by atoms with E-state index >= 15 is 0 Å². The predicted molar refractivity (Wildman–Crippen MR) is 124 cm³/mol. The molecule has 2 aromatic carbocycles. The molecule has 0 aliphatic carbocycles. The number of nitrogens with zero attached hydrogens (tertiary/aromatic N) is 2. The summed E-state index contributed by atoms with van der Waals surface area (Å²) in [5, 5.41) is 8.63. The van der Waals surface area contributed by atoms with Crippen molar-refractivity contribution in [2.24, 2.45) is 0 Å². The van der Waals surface area contributed by atoms with Gasteiger partial charge in [-0.15, -0.1) is 0 Å². The highest BCUT2D eigenvalue weighted by atomic mass is 16.5. The molecule has 0 atom stereocenters. The van der Waals surface area contributed by atoms with E-state index in [-0.39, 0.29) is 19.0 Å². The van der Waals surface area contributed by atoms with E-state index in [0.717, 1.165) is 17.1 Å². The van der Waals surface area contributed by atoms with E-state index in [1.165, 1.54) is 13.2 Å². The van der Waals surface area contributed by atoms with E-state index in [9.17, 15) is 9.59 Å². The predicted octanol–water partition coefficient (Wildman–Crippen LogP) is 4.44. The van der Waals surface area contributed by atoms with Gasteiger partial charge < -0.3 is 18.8 Å². The molecule has 33 heavy (non-hydrogen) atoms. The van der Waals surface area contributed by atoms with Crippen LogP contribution in [-0.2, 0) is 9.53 Å². The molecule has 168 valence electrons. The second-order valence-corrected chi connectivity index (χ2v) is 7.18. The summed E-state index contributed by atoms with van der Waals surface area (Å²) in [6, 6.07) is 18.5. The fraction of sp³-hybridized carbons (Fsp3) is 0.192. The fourth-order valence-electron chi connectivity index (χ4n) is 3.46. The second-order valence-electron chi connectivity index (χ2n) is 7.18. The molecule has 0 N–H and O–H groups in total. The van der Waals surface area contributed by atoms with Gasteiger partial charge in [0.05, 0.1) is 7.11 Å². The molecule has 0 saturated carbocycles. The summed E-state index contributed by atoms with van der Waals surface area (Å²) < 4.78 is 17.7. The van der Waals surface area contributed by atoms with Crippen LogP contribution in [0.5, 0.6) is 11.5 Å². The SMILES string of the molecule is COc1cc(/C=C/C(=O)OCC(=O)c2cc(C)n(-c3ccccc3)c2C)ccc1OCC#N. The molecule has 0 aliphatic rings. The highest BCUT2D eigenvalue weighted by Gasteiger charge is 2.17. The highest BCUT2D eigenvalue weighted by molar-refractivity contribution is 6.00. The summed E-state index contributed by atoms with van der Waals surface area (Å²) in [4.78, 5) is 24.8. The first kappa shape index (κ1) is 23.4. The summed E-state index contributed by atoms with van der Waals surface area (Å²) in [7, 11) is 1.48. The zero-order valence-corrected chi connectivity index (χ0v) is 18.7. The Morgan fingerprint density at radius 1 is 1.06 bits per heavy atom. The molecule has 7 nitrogen and oxygen atoms in total. The number of hydrogen-bond acceptors (Lipinski definition) is 6. The number of ketones is 1. The Bertz CT molecular complexity index is 1220. The normalized spacial score (nSPS) is 10.6. The summed E-state index contributed by atoms with van der Waals surface area (Å²) in [5.74, 6) is -0.0427. The average Bonchev–Trinajstić information content (AvgIpc) is 3.14. The van der Waals surface area contributed by atoms with Crippen LogP contribution in [0.25, 0.3) is 11.8 Å². The van der Waals surface area contributed by atoms with Gasteiger partial charge in [-0.2, -0.15) is 5.26 Å². The quantitative estimate of drug-likeness (QED) is 0.275. The Balaban J connectivity index is 1.63. The van der Waals surface area contributed by atoms with Crippen LogP contribution in [0.1, 0.15) is 27.3 Å². The average molecular weight is 444 g/mol. The fourth-order valence-corrected chi connectivity index (χ4v) is 3.46. The molecule has 0 saturated heterocycles. The van der Waals surface area contributed by atoms with E-state index in [1.807, 2.05) is 54.8 Å². The minimum absolute atomic E-state index is 0.0976. The lowest BCUT2D eigenvalue weighted by Gasteiger charge is -2.09. The van der Waals surface area contributed by atoms with Crippen molar-refractivity contribution in [3.8, 4) is 23.3 Å². The van der Waals surface area contributed by atoms with E-state index < -0.39 is 5.97 Å². The van der Waals surface area contributed by atoms with Crippen LogP contribution in [0.15, 0.2) is 60.7 Å². The van der Waals surface area contributed by atoms with Gasteiger partial charge in [-0.05, 0) is 55.8 Å². The molecule has 3 rings (SSSR count). The van der Waals surface area contributed by atoms with Crippen molar-refractivity contribution in [3.63, 3.8) is 0 Å². The van der Waals surface area contributed by atoms with Crippen LogP contribution in [0, 0.1) is 25.2 Å². The number of ether oxygens (including phenoxy) is 3. The van der Waals surface area contributed by atoms with E-state index in [1.54, 1.807) is 30.3 Å². The van der Waals surface area contributed by atoms with Gasteiger partial charge >= 0.3 is 5.97 Å². The summed E-state index contributed by atoms with van der Waals surface area (Å²) in [5.41, 5.74) is 3.87. The van der Waals surface area contributed by atoms with Crippen LogP contribution in [0.3, 0.4) is 0 Å². The van der Waals surface area contributed by atoms with Gasteiger partial charge in [-0.25, -0.2) is 4.79 Å². The van der Waals surface area contributed by atoms with Crippen molar-refractivity contribution in [1.29, 1.82) is 5.26 Å². The van der Waals surface area contributed by atoms with Gasteiger partial charge in [0.25, 0.3) is 0 Å². The number of aromatic nitrogens is 1. The third kappa shape index (κ3) is 5.69. The molecule has 0 amide bonds. The third-order valence-electron chi connectivity index (χ3n) is 4.98. The van der Waals surface area contributed by atoms with Crippen LogP contribution in [0.2, 0.25) is 0 Å². The van der Waals surface area contributed by atoms with Crippen molar-refractivity contribution in [2.45, 2.75) is 13.8 Å². The summed E-state index contributed by atoms with van der Waals surface area (Å²) in [6.45, 7) is 3.34. The molecule has 3 aromatic rings. The van der Waals surface area contributed by atoms with E-state index in [2.05, 4.69) is 0 Å². The molecule has 0 spiro atoms. The second kappa shape index (κ2) is 10.8. The number of carbonyl (C=O) groups excluding carboxylic acids is 2. The van der Waals surface area contributed by atoms with Crippen LogP contribution in [-0.4, -0.2) is 36.6 Å². The van der Waals surface area contributed by atoms with Crippen molar-refractivity contribution in [1.82, 2.24) is 4.57 Å². The number of carbonyl (C=O) groups is 2. The lowest BCUT2D eigenvalue weighted by atomic mass is 10.1. The Morgan fingerprint density at radius 2 is 1.82 bits per heavy atom.